The maximum absolute atomic E-state index is 10.7. The van der Waals surface area contributed by atoms with E-state index in [-0.39, 0.29) is 5.69 Å². The highest BCUT2D eigenvalue weighted by atomic mass is 79.9. The van der Waals surface area contributed by atoms with Gasteiger partial charge < -0.3 is 10.4 Å². The molecule has 0 atom stereocenters. The van der Waals surface area contributed by atoms with E-state index in [0.717, 1.165) is 5.69 Å². The van der Waals surface area contributed by atoms with Crippen molar-refractivity contribution in [1.29, 1.82) is 0 Å². The number of carboxylic acid groups (broad SMARTS) is 1. The van der Waals surface area contributed by atoms with Gasteiger partial charge in [-0.25, -0.2) is 9.78 Å². The minimum absolute atomic E-state index is 0.0238. The van der Waals surface area contributed by atoms with E-state index in [1.165, 1.54) is 16.7 Å². The maximum atomic E-state index is 10.7. The molecule has 2 rings (SSSR count). The average molecular weight is 334 g/mol. The van der Waals surface area contributed by atoms with Crippen LogP contribution in [0.2, 0.25) is 5.02 Å². The molecule has 0 saturated carbocycles. The topological polar surface area (TPSA) is 62.2 Å². The lowest BCUT2D eigenvalue weighted by Crippen LogP contribution is -1.97. The van der Waals surface area contributed by atoms with Crippen LogP contribution in [0.25, 0.3) is 0 Å². The Labute approximate surface area is 114 Å². The summed E-state index contributed by atoms with van der Waals surface area (Å²) in [6, 6.07) is 5.36. The third-order valence-electron chi connectivity index (χ3n) is 1.92. The third-order valence-corrected chi connectivity index (χ3v) is 4.07. The van der Waals surface area contributed by atoms with E-state index >= 15 is 0 Å². The zero-order valence-corrected chi connectivity index (χ0v) is 11.4. The third kappa shape index (κ3) is 2.77. The van der Waals surface area contributed by atoms with E-state index in [1.54, 1.807) is 12.1 Å². The highest BCUT2D eigenvalue weighted by molar-refractivity contribution is 9.10. The van der Waals surface area contributed by atoms with Crippen molar-refractivity contribution in [2.75, 3.05) is 5.32 Å². The summed E-state index contributed by atoms with van der Waals surface area (Å²) >= 11 is 10.5. The normalized spacial score (nSPS) is 10.2. The molecule has 1 heterocycles. The summed E-state index contributed by atoms with van der Waals surface area (Å²) in [6.07, 6.45) is 0. The second kappa shape index (κ2) is 5.03. The van der Waals surface area contributed by atoms with Gasteiger partial charge in [0.05, 0.1) is 15.2 Å². The van der Waals surface area contributed by atoms with E-state index in [9.17, 15) is 4.79 Å². The van der Waals surface area contributed by atoms with Crippen LogP contribution in [0.5, 0.6) is 0 Å². The van der Waals surface area contributed by atoms with Crippen LogP contribution >= 0.6 is 38.9 Å². The first-order valence-corrected chi connectivity index (χ1v) is 6.53. The number of hydrogen-bond donors (Lipinski definition) is 2. The molecule has 17 heavy (non-hydrogen) atoms. The summed E-state index contributed by atoms with van der Waals surface area (Å²) in [7, 11) is 0. The number of hydrogen-bond acceptors (Lipinski definition) is 4. The molecule has 7 heteroatoms. The molecule has 0 bridgehead atoms. The van der Waals surface area contributed by atoms with Gasteiger partial charge in [-0.3, -0.25) is 0 Å². The van der Waals surface area contributed by atoms with Crippen molar-refractivity contribution in [2.45, 2.75) is 0 Å². The van der Waals surface area contributed by atoms with Gasteiger partial charge >= 0.3 is 5.97 Å². The Morgan fingerprint density at radius 3 is 2.94 bits per heavy atom. The Kier molecular flexibility index (Phi) is 3.66. The monoisotopic (exact) mass is 332 g/mol. The fraction of sp³-hybridized carbons (Fsp3) is 0. The molecule has 0 saturated heterocycles. The second-order valence-corrected chi connectivity index (χ2v) is 5.13. The number of rotatable bonds is 3. The molecule has 2 N–H and O–H groups in total. The highest BCUT2D eigenvalue weighted by Gasteiger charge is 2.10. The number of aromatic nitrogens is 1. The van der Waals surface area contributed by atoms with Crippen molar-refractivity contribution < 1.29 is 9.90 Å². The molecule has 4 nitrogen and oxygen atoms in total. The Hall–Kier alpha value is -1.11. The summed E-state index contributed by atoms with van der Waals surface area (Å²) in [5.74, 6) is -1.04. The predicted molar refractivity (Wildman–Crippen MR) is 71.5 cm³/mol. The van der Waals surface area contributed by atoms with E-state index in [4.69, 9.17) is 16.7 Å². The number of halogens is 2. The number of nitrogens with zero attached hydrogens (tertiary/aromatic N) is 1. The predicted octanol–water partition coefficient (Wildman–Crippen LogP) is 4.00. The molecule has 0 unspecified atom stereocenters. The van der Waals surface area contributed by atoms with Gasteiger partial charge in [-0.2, -0.15) is 0 Å². The standard InChI is InChI=1S/C10H6BrClN2O2S/c11-8-5(12)2-1-3-6(8)13-10-14-7(4-17-10)9(15)16/h1-4H,(H,13,14)(H,15,16). The molecular weight excluding hydrogens is 328 g/mol. The lowest BCUT2D eigenvalue weighted by atomic mass is 10.3. The van der Waals surface area contributed by atoms with Crippen molar-refractivity contribution in [3.63, 3.8) is 0 Å². The molecule has 2 aromatic rings. The fourth-order valence-electron chi connectivity index (χ4n) is 1.14. The minimum atomic E-state index is -1.04. The first-order valence-electron chi connectivity index (χ1n) is 4.48. The molecule has 0 aliphatic heterocycles. The summed E-state index contributed by atoms with van der Waals surface area (Å²) in [4.78, 5) is 14.6. The molecule has 0 radical (unpaired) electrons. The van der Waals surface area contributed by atoms with Crippen LogP contribution in [0, 0.1) is 0 Å². The van der Waals surface area contributed by atoms with Crippen molar-refractivity contribution in [3.05, 3.63) is 38.8 Å². The Morgan fingerprint density at radius 1 is 1.53 bits per heavy atom. The molecule has 0 amide bonds. The van der Waals surface area contributed by atoms with Gasteiger partial charge in [0.15, 0.2) is 10.8 Å². The SMILES string of the molecule is O=C(O)c1csc(Nc2cccc(Cl)c2Br)n1. The van der Waals surface area contributed by atoms with E-state index in [0.29, 0.717) is 14.6 Å². The number of thiazole rings is 1. The van der Waals surface area contributed by atoms with Crippen LogP contribution in [0.1, 0.15) is 10.5 Å². The first-order chi connectivity index (χ1) is 8.08. The molecule has 0 aliphatic carbocycles. The molecule has 0 fully saturated rings. The molecular formula is C10H6BrClN2O2S. The largest absolute Gasteiger partial charge is 0.476 e. The second-order valence-electron chi connectivity index (χ2n) is 3.07. The van der Waals surface area contributed by atoms with Crippen LogP contribution in [-0.4, -0.2) is 16.1 Å². The molecule has 1 aromatic heterocycles. The zero-order valence-electron chi connectivity index (χ0n) is 8.28. The summed E-state index contributed by atoms with van der Waals surface area (Å²) < 4.78 is 0.716. The van der Waals surface area contributed by atoms with Crippen LogP contribution in [0.3, 0.4) is 0 Å². The highest BCUT2D eigenvalue weighted by Crippen LogP contribution is 2.32. The van der Waals surface area contributed by atoms with Gasteiger partial charge in [-0.15, -0.1) is 11.3 Å². The first kappa shape index (κ1) is 12.3. The lowest BCUT2D eigenvalue weighted by Gasteiger charge is -2.06. The van der Waals surface area contributed by atoms with Crippen molar-refractivity contribution in [2.24, 2.45) is 0 Å². The lowest BCUT2D eigenvalue weighted by molar-refractivity contribution is 0.0691. The quantitative estimate of drug-likeness (QED) is 0.891. The van der Waals surface area contributed by atoms with E-state index < -0.39 is 5.97 Å². The molecule has 1 aromatic carbocycles. The van der Waals surface area contributed by atoms with Crippen molar-refractivity contribution in [3.8, 4) is 0 Å². The van der Waals surface area contributed by atoms with Crippen molar-refractivity contribution >= 4 is 55.7 Å². The number of carboxylic acids is 1. The number of nitrogens with one attached hydrogen (secondary N) is 1. The fourth-order valence-corrected chi connectivity index (χ4v) is 2.38. The van der Waals surface area contributed by atoms with Gasteiger partial charge in [-0.05, 0) is 28.1 Å². The van der Waals surface area contributed by atoms with Gasteiger partial charge in [0.25, 0.3) is 0 Å². The van der Waals surface area contributed by atoms with Gasteiger partial charge in [0, 0.05) is 5.38 Å². The van der Waals surface area contributed by atoms with E-state index in [1.807, 2.05) is 6.07 Å². The minimum Gasteiger partial charge on any atom is -0.476 e. The van der Waals surface area contributed by atoms with Crippen LogP contribution in [-0.2, 0) is 0 Å². The molecule has 0 spiro atoms. The Balaban J connectivity index is 2.25. The molecule has 0 aliphatic rings. The van der Waals surface area contributed by atoms with Gasteiger partial charge in [0.2, 0.25) is 0 Å². The number of carbonyl (C=O) groups is 1. The van der Waals surface area contributed by atoms with Crippen LogP contribution in [0.4, 0.5) is 10.8 Å². The smallest absolute Gasteiger partial charge is 0.355 e. The summed E-state index contributed by atoms with van der Waals surface area (Å²) in [5, 5.41) is 14.3. The average Bonchev–Trinajstić information content (AvgIpc) is 2.73. The molecule has 88 valence electrons. The van der Waals surface area contributed by atoms with Gasteiger partial charge in [0.1, 0.15) is 0 Å². The summed E-state index contributed by atoms with van der Waals surface area (Å²) in [5.41, 5.74) is 0.763. The van der Waals surface area contributed by atoms with Crippen LogP contribution < -0.4 is 5.32 Å². The Morgan fingerprint density at radius 2 is 2.29 bits per heavy atom. The number of anilines is 2. The van der Waals surface area contributed by atoms with E-state index in [2.05, 4.69) is 26.2 Å². The number of aromatic carboxylic acids is 1. The van der Waals surface area contributed by atoms with Crippen molar-refractivity contribution in [1.82, 2.24) is 4.98 Å². The maximum Gasteiger partial charge on any atom is 0.355 e. The summed E-state index contributed by atoms with van der Waals surface area (Å²) in [6.45, 7) is 0. The zero-order chi connectivity index (χ0) is 12.4. The Bertz CT molecular complexity index is 573. The van der Waals surface area contributed by atoms with Gasteiger partial charge in [-0.1, -0.05) is 17.7 Å². The number of benzene rings is 1. The van der Waals surface area contributed by atoms with Crippen LogP contribution in [0.15, 0.2) is 28.1 Å².